The lowest BCUT2D eigenvalue weighted by molar-refractivity contribution is -0.131. The summed E-state index contributed by atoms with van der Waals surface area (Å²) in [5.41, 5.74) is 6.12. The second-order valence-electron chi connectivity index (χ2n) is 6.22. The van der Waals surface area contributed by atoms with Crippen molar-refractivity contribution in [3.8, 4) is 5.75 Å². The Kier molecular flexibility index (Phi) is 7.23. The summed E-state index contributed by atoms with van der Waals surface area (Å²) in [6, 6.07) is 4.67. The molecule has 7 heteroatoms. The van der Waals surface area contributed by atoms with Crippen LogP contribution in [0.5, 0.6) is 5.75 Å². The van der Waals surface area contributed by atoms with E-state index >= 15 is 0 Å². The van der Waals surface area contributed by atoms with Gasteiger partial charge in [-0.05, 0) is 30.0 Å². The molecule has 1 aromatic carbocycles. The molecular formula is C17H25N3O4. The number of rotatable bonds is 8. The van der Waals surface area contributed by atoms with Gasteiger partial charge in [0.05, 0.1) is 0 Å². The minimum Gasteiger partial charge on any atom is -0.508 e. The molecule has 2 atom stereocenters. The molecule has 0 saturated heterocycles. The number of carbonyl (C=O) groups excluding carboxylic acids is 3. The molecule has 3 amide bonds. The van der Waals surface area contributed by atoms with Gasteiger partial charge in [-0.15, -0.1) is 0 Å². The SMILES string of the molecule is CC(=O)N[C@@H](CC(C)C)C(=O)N[C@@H](Cc1ccc(O)cc1)C(N)=O. The summed E-state index contributed by atoms with van der Waals surface area (Å²) in [4.78, 5) is 35.3. The van der Waals surface area contributed by atoms with E-state index in [2.05, 4.69) is 10.6 Å². The van der Waals surface area contributed by atoms with Crippen molar-refractivity contribution in [2.45, 2.75) is 45.7 Å². The summed E-state index contributed by atoms with van der Waals surface area (Å²) in [6.45, 7) is 5.21. The Hall–Kier alpha value is -2.57. The van der Waals surface area contributed by atoms with Gasteiger partial charge in [-0.25, -0.2) is 0 Å². The second-order valence-corrected chi connectivity index (χ2v) is 6.22. The van der Waals surface area contributed by atoms with Gasteiger partial charge in [-0.3, -0.25) is 14.4 Å². The number of aromatic hydroxyl groups is 1. The standard InChI is InChI=1S/C17H25N3O4/c1-10(2)8-15(19-11(3)21)17(24)20-14(16(18)23)9-12-4-6-13(22)7-5-12/h4-7,10,14-15,22H,8-9H2,1-3H3,(H2,18,23)(H,19,21)(H,20,24)/t14-,15-/m0/s1. The van der Waals surface area contributed by atoms with Crippen molar-refractivity contribution in [3.05, 3.63) is 29.8 Å². The number of primary amides is 1. The Bertz CT molecular complexity index is 584. The number of hydrogen-bond donors (Lipinski definition) is 4. The van der Waals surface area contributed by atoms with Gasteiger partial charge < -0.3 is 21.5 Å². The third-order valence-corrected chi connectivity index (χ3v) is 3.44. The molecule has 1 rings (SSSR count). The summed E-state index contributed by atoms with van der Waals surface area (Å²) >= 11 is 0. The van der Waals surface area contributed by atoms with Crippen LogP contribution in [0, 0.1) is 5.92 Å². The van der Waals surface area contributed by atoms with Gasteiger partial charge in [-0.2, -0.15) is 0 Å². The van der Waals surface area contributed by atoms with E-state index in [1.807, 2.05) is 13.8 Å². The first-order chi connectivity index (χ1) is 11.2. The van der Waals surface area contributed by atoms with Gasteiger partial charge in [0, 0.05) is 13.3 Å². The fourth-order valence-electron chi connectivity index (χ4n) is 2.31. The van der Waals surface area contributed by atoms with Crippen LogP contribution in [0.2, 0.25) is 0 Å². The van der Waals surface area contributed by atoms with Crippen molar-refractivity contribution in [3.63, 3.8) is 0 Å². The Morgan fingerprint density at radius 1 is 1.08 bits per heavy atom. The molecular weight excluding hydrogens is 310 g/mol. The highest BCUT2D eigenvalue weighted by Crippen LogP contribution is 2.12. The third kappa shape index (κ3) is 6.68. The monoisotopic (exact) mass is 335 g/mol. The van der Waals surface area contributed by atoms with Crippen LogP contribution >= 0.6 is 0 Å². The van der Waals surface area contributed by atoms with Gasteiger partial charge in [-0.1, -0.05) is 26.0 Å². The van der Waals surface area contributed by atoms with Gasteiger partial charge in [0.25, 0.3) is 0 Å². The number of carbonyl (C=O) groups is 3. The lowest BCUT2D eigenvalue weighted by Crippen LogP contribution is -2.53. The topological polar surface area (TPSA) is 122 Å². The predicted molar refractivity (Wildman–Crippen MR) is 90.0 cm³/mol. The molecule has 0 aromatic heterocycles. The summed E-state index contributed by atoms with van der Waals surface area (Å²) in [6.07, 6.45) is 0.659. The quantitative estimate of drug-likeness (QED) is 0.551. The zero-order chi connectivity index (χ0) is 18.3. The molecule has 24 heavy (non-hydrogen) atoms. The highest BCUT2D eigenvalue weighted by Gasteiger charge is 2.25. The average molecular weight is 335 g/mol. The van der Waals surface area contributed by atoms with Crippen LogP contribution in [-0.4, -0.2) is 34.9 Å². The first-order valence-electron chi connectivity index (χ1n) is 7.83. The van der Waals surface area contributed by atoms with Crippen LogP contribution in [0.4, 0.5) is 0 Å². The fourth-order valence-corrected chi connectivity index (χ4v) is 2.31. The highest BCUT2D eigenvalue weighted by molar-refractivity contribution is 5.91. The van der Waals surface area contributed by atoms with Crippen LogP contribution in [0.15, 0.2) is 24.3 Å². The number of hydrogen-bond acceptors (Lipinski definition) is 4. The number of phenols is 1. The highest BCUT2D eigenvalue weighted by atomic mass is 16.3. The van der Waals surface area contributed by atoms with E-state index in [0.29, 0.717) is 6.42 Å². The van der Waals surface area contributed by atoms with Crippen LogP contribution in [0.3, 0.4) is 0 Å². The van der Waals surface area contributed by atoms with Crippen molar-refractivity contribution in [2.75, 3.05) is 0 Å². The maximum absolute atomic E-state index is 12.4. The molecule has 0 unspecified atom stereocenters. The summed E-state index contributed by atoms with van der Waals surface area (Å²) < 4.78 is 0. The van der Waals surface area contributed by atoms with E-state index in [0.717, 1.165) is 5.56 Å². The summed E-state index contributed by atoms with van der Waals surface area (Å²) in [7, 11) is 0. The molecule has 0 bridgehead atoms. The first kappa shape index (κ1) is 19.5. The number of nitrogens with two attached hydrogens (primary N) is 1. The van der Waals surface area contributed by atoms with Crippen molar-refractivity contribution in [1.82, 2.24) is 10.6 Å². The molecule has 1 aromatic rings. The van der Waals surface area contributed by atoms with Crippen LogP contribution in [0.1, 0.15) is 32.8 Å². The molecule has 0 fully saturated rings. The lowest BCUT2D eigenvalue weighted by Gasteiger charge is -2.22. The zero-order valence-electron chi connectivity index (χ0n) is 14.2. The van der Waals surface area contributed by atoms with Crippen LogP contribution < -0.4 is 16.4 Å². The van der Waals surface area contributed by atoms with E-state index in [9.17, 15) is 19.5 Å². The molecule has 0 spiro atoms. The Balaban J connectivity index is 2.80. The zero-order valence-corrected chi connectivity index (χ0v) is 14.2. The van der Waals surface area contributed by atoms with Gasteiger partial charge in [0.1, 0.15) is 17.8 Å². The normalized spacial score (nSPS) is 13.2. The number of benzene rings is 1. The Morgan fingerprint density at radius 2 is 1.67 bits per heavy atom. The van der Waals surface area contributed by atoms with Gasteiger partial charge in [0.15, 0.2) is 0 Å². The molecule has 0 radical (unpaired) electrons. The minimum atomic E-state index is -0.898. The largest absolute Gasteiger partial charge is 0.508 e. The average Bonchev–Trinajstić information content (AvgIpc) is 2.46. The molecule has 132 valence electrons. The molecule has 0 saturated carbocycles. The van der Waals surface area contributed by atoms with E-state index in [4.69, 9.17) is 5.73 Å². The maximum Gasteiger partial charge on any atom is 0.243 e. The van der Waals surface area contributed by atoms with Crippen molar-refractivity contribution < 1.29 is 19.5 Å². The molecule has 0 aliphatic carbocycles. The van der Waals surface area contributed by atoms with Gasteiger partial charge >= 0.3 is 0 Å². The first-order valence-corrected chi connectivity index (χ1v) is 7.83. The number of phenolic OH excluding ortho intramolecular Hbond substituents is 1. The van der Waals surface area contributed by atoms with E-state index in [1.165, 1.54) is 19.1 Å². The van der Waals surface area contributed by atoms with E-state index in [1.54, 1.807) is 12.1 Å². The van der Waals surface area contributed by atoms with Crippen molar-refractivity contribution in [1.29, 1.82) is 0 Å². The Morgan fingerprint density at radius 3 is 2.12 bits per heavy atom. The second kappa shape index (κ2) is 8.90. The summed E-state index contributed by atoms with van der Waals surface area (Å²) in [5, 5.41) is 14.5. The van der Waals surface area contributed by atoms with E-state index in [-0.39, 0.29) is 24.0 Å². The predicted octanol–water partition coefficient (Wildman–Crippen LogP) is 0.456. The Labute approximate surface area is 141 Å². The fraction of sp³-hybridized carbons (Fsp3) is 0.471. The molecule has 0 aliphatic heterocycles. The summed E-state index contributed by atoms with van der Waals surface area (Å²) in [5.74, 6) is -1.12. The minimum absolute atomic E-state index is 0.112. The number of amides is 3. The van der Waals surface area contributed by atoms with Crippen LogP contribution in [0.25, 0.3) is 0 Å². The van der Waals surface area contributed by atoms with Crippen molar-refractivity contribution >= 4 is 17.7 Å². The van der Waals surface area contributed by atoms with Crippen molar-refractivity contribution in [2.24, 2.45) is 11.7 Å². The smallest absolute Gasteiger partial charge is 0.243 e. The van der Waals surface area contributed by atoms with E-state index < -0.39 is 23.9 Å². The maximum atomic E-state index is 12.4. The lowest BCUT2D eigenvalue weighted by atomic mass is 10.0. The molecule has 0 heterocycles. The van der Waals surface area contributed by atoms with Gasteiger partial charge in [0.2, 0.25) is 17.7 Å². The molecule has 5 N–H and O–H groups in total. The third-order valence-electron chi connectivity index (χ3n) is 3.44. The molecule has 0 aliphatic rings. The number of nitrogens with one attached hydrogen (secondary N) is 2. The molecule has 7 nitrogen and oxygen atoms in total. The van der Waals surface area contributed by atoms with Crippen LogP contribution in [-0.2, 0) is 20.8 Å².